The summed E-state index contributed by atoms with van der Waals surface area (Å²) in [6, 6.07) is 8.68. The molecule has 0 radical (unpaired) electrons. The molecule has 0 nitrogen and oxygen atoms in total. The Morgan fingerprint density at radius 1 is 1.20 bits per heavy atom. The number of hydrogen-bond donors (Lipinski definition) is 0. The third-order valence-corrected chi connectivity index (χ3v) is 7.66. The van der Waals surface area contributed by atoms with Gasteiger partial charge in [0.15, 0.2) is 7.65 Å². The van der Waals surface area contributed by atoms with Gasteiger partial charge in [-0.25, -0.2) is 4.39 Å². The Balaban J connectivity index is 1.91. The van der Waals surface area contributed by atoms with Crippen LogP contribution in [0.1, 0.15) is 50.5 Å². The summed E-state index contributed by atoms with van der Waals surface area (Å²) in [7, 11) is 0. The van der Waals surface area contributed by atoms with Crippen LogP contribution >= 0.6 is 15.9 Å². The van der Waals surface area contributed by atoms with Gasteiger partial charge in [0.05, 0.1) is 0 Å². The zero-order valence-corrected chi connectivity index (χ0v) is 15.7. The second-order valence-electron chi connectivity index (χ2n) is 5.70. The van der Waals surface area contributed by atoms with Gasteiger partial charge in [-0.2, -0.15) is 0 Å². The minimum Gasteiger partial charge on any atom is -0.244 e. The Morgan fingerprint density at radius 2 is 1.80 bits per heavy atom. The molecule has 0 bridgehead atoms. The second kappa shape index (κ2) is 7.92. The van der Waals surface area contributed by atoms with Crippen molar-refractivity contribution in [2.45, 2.75) is 57.5 Å². The number of rotatable bonds is 4. The lowest BCUT2D eigenvalue weighted by Crippen LogP contribution is -3.59. The van der Waals surface area contributed by atoms with Crippen LogP contribution in [0.25, 0.3) is 0 Å². The predicted octanol–water partition coefficient (Wildman–Crippen LogP) is 2.94. The molecule has 1 aliphatic carbocycles. The number of alkyl halides is 1. The molecule has 1 fully saturated rings. The van der Waals surface area contributed by atoms with Gasteiger partial charge in [-0.05, 0) is 31.9 Å². The van der Waals surface area contributed by atoms with Gasteiger partial charge in [0.25, 0.3) is 0 Å². The zero-order chi connectivity index (χ0) is 14.4. The maximum absolute atomic E-state index is 14.8. The van der Waals surface area contributed by atoms with Crippen LogP contribution in [0.15, 0.2) is 32.8 Å². The summed E-state index contributed by atoms with van der Waals surface area (Å²) in [6.07, 6.45) is 6.52. The Morgan fingerprint density at radius 3 is 2.40 bits per heavy atom. The van der Waals surface area contributed by atoms with E-state index in [1.165, 1.54) is 22.0 Å². The maximum Gasteiger partial charge on any atom is 0.350 e. The normalized spacial score (nSPS) is 19.6. The molecule has 0 atom stereocenters. The van der Waals surface area contributed by atoms with Crippen LogP contribution in [0.4, 0.5) is 4.39 Å². The third kappa shape index (κ3) is 5.47. The van der Waals surface area contributed by atoms with Crippen molar-refractivity contribution in [2.24, 2.45) is 0 Å². The lowest BCUT2D eigenvalue weighted by Gasteiger charge is -2.22. The Labute approximate surface area is 140 Å². The van der Waals surface area contributed by atoms with Crippen molar-refractivity contribution in [3.8, 4) is 0 Å². The van der Waals surface area contributed by atoms with Crippen LogP contribution < -0.4 is 21.2 Å². The molecule has 1 aliphatic rings. The molecule has 110 valence electrons. The van der Waals surface area contributed by atoms with Crippen molar-refractivity contribution in [1.29, 1.82) is 0 Å². The predicted molar refractivity (Wildman–Crippen MR) is 83.0 cm³/mol. The largest absolute Gasteiger partial charge is 0.350 e. The Kier molecular flexibility index (Phi) is 6.53. The average molecular weight is 452 g/mol. The molecule has 3 heteroatoms. The minimum atomic E-state index is -0.969. The van der Waals surface area contributed by atoms with Crippen LogP contribution in [-0.2, 0) is 0 Å². The van der Waals surface area contributed by atoms with Gasteiger partial charge in [-0.1, -0.05) is 59.3 Å². The molecule has 0 amide bonds. The smallest absolute Gasteiger partial charge is 0.244 e. The van der Waals surface area contributed by atoms with Crippen molar-refractivity contribution in [2.75, 3.05) is 0 Å². The van der Waals surface area contributed by atoms with Gasteiger partial charge in [0.2, 0.25) is 0 Å². The molecule has 2 rings (SSSR count). The molecular formula is C17H22BrFI+. The van der Waals surface area contributed by atoms with E-state index < -0.39 is 5.67 Å². The summed E-state index contributed by atoms with van der Waals surface area (Å²) in [5, 5.41) is 0. The fourth-order valence-electron chi connectivity index (χ4n) is 2.61. The molecule has 0 heterocycles. The highest BCUT2D eigenvalue weighted by Crippen LogP contribution is 2.36. The van der Waals surface area contributed by atoms with E-state index in [9.17, 15) is 4.39 Å². The van der Waals surface area contributed by atoms with Gasteiger partial charge >= 0.3 is 21.2 Å². The van der Waals surface area contributed by atoms with Crippen LogP contribution in [-0.4, -0.2) is 5.67 Å². The molecule has 0 saturated heterocycles. The van der Waals surface area contributed by atoms with Gasteiger partial charge in [-0.3, -0.25) is 0 Å². The molecule has 1 aromatic carbocycles. The first-order chi connectivity index (χ1) is 9.57. The summed E-state index contributed by atoms with van der Waals surface area (Å²) >= 11 is 3.43. The highest BCUT2D eigenvalue weighted by atomic mass is 127. The van der Waals surface area contributed by atoms with Crippen LogP contribution in [0, 0.1) is 10.5 Å². The molecule has 1 saturated carbocycles. The Hall–Kier alpha value is 0.1000. The standard InChI is InChI=1S/C17H22BrFI/c1-14-6-8-16(9-7-14)20-13-15(18)12-17(19)10-4-2-3-5-11-17/h6-9,13H,2-5,10-12H2,1H3/q+1/b15-13-. The van der Waals surface area contributed by atoms with Crippen LogP contribution in [0.3, 0.4) is 0 Å². The molecule has 0 unspecified atom stereocenters. The SMILES string of the molecule is Cc1ccc([I+]/C=C(\Br)CC2(F)CCCCCC2)cc1. The number of allylic oxidation sites excluding steroid dienone is 1. The fraction of sp³-hybridized carbons (Fsp3) is 0.529. The fourth-order valence-corrected chi connectivity index (χ4v) is 5.38. The van der Waals surface area contributed by atoms with E-state index in [2.05, 4.69) is 51.2 Å². The lowest BCUT2D eigenvalue weighted by atomic mass is 9.93. The van der Waals surface area contributed by atoms with Crippen molar-refractivity contribution in [1.82, 2.24) is 0 Å². The van der Waals surface area contributed by atoms with Crippen molar-refractivity contribution < 1.29 is 25.6 Å². The zero-order valence-electron chi connectivity index (χ0n) is 12.0. The van der Waals surface area contributed by atoms with E-state index in [1.807, 2.05) is 0 Å². The van der Waals surface area contributed by atoms with Crippen molar-refractivity contribution in [3.05, 3.63) is 42.0 Å². The summed E-state index contributed by atoms with van der Waals surface area (Å²) in [5.41, 5.74) is 0.324. The molecule has 0 spiro atoms. The van der Waals surface area contributed by atoms with Crippen LogP contribution in [0.5, 0.6) is 0 Å². The van der Waals surface area contributed by atoms with Gasteiger partial charge in [0.1, 0.15) is 5.67 Å². The summed E-state index contributed by atoms with van der Waals surface area (Å²) < 4.78 is 19.5. The van der Waals surface area contributed by atoms with Gasteiger partial charge in [-0.15, -0.1) is 0 Å². The van der Waals surface area contributed by atoms with Crippen LogP contribution in [0.2, 0.25) is 0 Å². The monoisotopic (exact) mass is 451 g/mol. The van der Waals surface area contributed by atoms with E-state index in [4.69, 9.17) is 0 Å². The number of aryl methyl sites for hydroxylation is 1. The van der Waals surface area contributed by atoms with E-state index in [1.54, 1.807) is 0 Å². The first-order valence-electron chi connectivity index (χ1n) is 7.31. The van der Waals surface area contributed by atoms with Crippen molar-refractivity contribution >= 4 is 15.9 Å². The molecule has 0 aromatic heterocycles. The topological polar surface area (TPSA) is 0 Å². The summed E-state index contributed by atoms with van der Waals surface area (Å²) in [4.78, 5) is 0. The highest BCUT2D eigenvalue weighted by Gasteiger charge is 2.31. The van der Waals surface area contributed by atoms with E-state index in [0.717, 1.165) is 30.2 Å². The molecule has 20 heavy (non-hydrogen) atoms. The minimum absolute atomic E-state index is 0.160. The lowest BCUT2D eigenvalue weighted by molar-refractivity contribution is -0.557. The van der Waals surface area contributed by atoms with E-state index in [-0.39, 0.29) is 21.2 Å². The molecular weight excluding hydrogens is 430 g/mol. The molecule has 1 aromatic rings. The first kappa shape index (κ1) is 16.5. The molecule has 0 N–H and O–H groups in total. The van der Waals surface area contributed by atoms with E-state index >= 15 is 0 Å². The van der Waals surface area contributed by atoms with Gasteiger partial charge < -0.3 is 0 Å². The highest BCUT2D eigenvalue weighted by molar-refractivity contribution is 9.11. The summed E-state index contributed by atoms with van der Waals surface area (Å²) in [6.45, 7) is 2.10. The third-order valence-electron chi connectivity index (χ3n) is 3.80. The number of benzene rings is 1. The van der Waals surface area contributed by atoms with E-state index in [0.29, 0.717) is 6.42 Å². The average Bonchev–Trinajstić information content (AvgIpc) is 2.63. The van der Waals surface area contributed by atoms with Crippen molar-refractivity contribution in [3.63, 3.8) is 0 Å². The number of halogens is 3. The first-order valence-corrected chi connectivity index (χ1v) is 10.4. The summed E-state index contributed by atoms with van der Waals surface area (Å²) in [5.74, 6) is 0. The maximum atomic E-state index is 14.8. The Bertz CT molecular complexity index is 445. The quantitative estimate of drug-likeness (QED) is 0.487. The number of hydrogen-bond acceptors (Lipinski definition) is 0. The second-order valence-corrected chi connectivity index (χ2v) is 9.21. The van der Waals surface area contributed by atoms with Gasteiger partial charge in [0, 0.05) is 10.9 Å². The molecule has 0 aliphatic heterocycles.